The first-order valence-electron chi connectivity index (χ1n) is 7.46. The van der Waals surface area contributed by atoms with E-state index in [9.17, 15) is 10.5 Å². The van der Waals surface area contributed by atoms with Gasteiger partial charge in [0.1, 0.15) is 0 Å². The van der Waals surface area contributed by atoms with Crippen LogP contribution in [0.15, 0.2) is 0 Å². The quantitative estimate of drug-likeness (QED) is 0.745. The van der Waals surface area contributed by atoms with Gasteiger partial charge in [-0.25, -0.2) is 4.99 Å². The van der Waals surface area contributed by atoms with Crippen LogP contribution in [0.5, 0.6) is 0 Å². The minimum absolute atomic E-state index is 0.138. The number of nitrogens with zero attached hydrogens (tertiary/aromatic N) is 2. The normalized spacial score (nSPS) is 50.3. The number of fused-ring (bicyclic) bond motifs is 2. The maximum Gasteiger partial charge on any atom is 0.343 e. The summed E-state index contributed by atoms with van der Waals surface area (Å²) in [5.41, 5.74) is 3.45. The zero-order valence-corrected chi connectivity index (χ0v) is 12.7. The highest BCUT2D eigenvalue weighted by Crippen LogP contribution is 2.84. The molecule has 0 aromatic heterocycles. The van der Waals surface area contributed by atoms with Crippen LogP contribution in [0.25, 0.3) is 0 Å². The third-order valence-electron chi connectivity index (χ3n) is 5.61. The summed E-state index contributed by atoms with van der Waals surface area (Å²) in [5, 5.41) is 19.8. The average Bonchev–Trinajstić information content (AvgIpc) is 2.67. The molecular formula is C15H21N4O2+. The van der Waals surface area contributed by atoms with Gasteiger partial charge in [0.05, 0.1) is 24.8 Å². The fourth-order valence-corrected chi connectivity index (χ4v) is 4.56. The van der Waals surface area contributed by atoms with Crippen molar-refractivity contribution in [3.63, 3.8) is 0 Å². The van der Waals surface area contributed by atoms with Crippen molar-refractivity contribution in [2.24, 2.45) is 22.0 Å². The third kappa shape index (κ3) is 1.15. The summed E-state index contributed by atoms with van der Waals surface area (Å²) in [7, 11) is 0. The van der Waals surface area contributed by atoms with Gasteiger partial charge in [0.2, 0.25) is 0 Å². The van der Waals surface area contributed by atoms with E-state index >= 15 is 0 Å². The Bertz CT molecular complexity index is 606. The van der Waals surface area contributed by atoms with Crippen LogP contribution in [0.1, 0.15) is 40.0 Å². The molecule has 2 fully saturated rings. The van der Waals surface area contributed by atoms with Gasteiger partial charge in [0.25, 0.3) is 5.84 Å². The number of unbranched alkanes of at least 4 members (excludes halogenated alkanes) is 1. The van der Waals surface area contributed by atoms with Crippen LogP contribution in [0, 0.1) is 38.9 Å². The molecular weight excluding hydrogens is 268 g/mol. The van der Waals surface area contributed by atoms with E-state index in [1.807, 2.05) is 13.8 Å². The Morgan fingerprint density at radius 2 is 2.14 bits per heavy atom. The maximum absolute atomic E-state index is 9.96. The standard InChI is InChI=1S/C15H20N4O2/c1-4-5-6-12(3)13(8-16)11(18)19-15(14(12,13)9-17)20-7-10(2)21-15/h10H,4-7H2,1-3H3,(H2,18,19)/p+1/t10-,12-,13-,14+,15+/m0/s1. The third-order valence-corrected chi connectivity index (χ3v) is 5.61. The van der Waals surface area contributed by atoms with Crippen molar-refractivity contribution in [2.75, 3.05) is 6.61 Å². The van der Waals surface area contributed by atoms with Crippen LogP contribution < -0.4 is 10.7 Å². The van der Waals surface area contributed by atoms with Crippen molar-refractivity contribution in [1.82, 2.24) is 0 Å². The molecule has 1 spiro atoms. The number of nitriles is 2. The van der Waals surface area contributed by atoms with Crippen LogP contribution in [-0.2, 0) is 9.47 Å². The zero-order chi connectivity index (χ0) is 15.5. The Morgan fingerprint density at radius 3 is 2.62 bits per heavy atom. The highest BCUT2D eigenvalue weighted by molar-refractivity contribution is 5.94. The number of rotatable bonds is 3. The zero-order valence-electron chi connectivity index (χ0n) is 12.7. The lowest BCUT2D eigenvalue weighted by Gasteiger charge is -2.27. The Kier molecular flexibility index (Phi) is 2.71. The van der Waals surface area contributed by atoms with Crippen molar-refractivity contribution < 1.29 is 14.5 Å². The van der Waals surface area contributed by atoms with E-state index in [0.29, 0.717) is 12.4 Å². The molecule has 1 saturated carbocycles. The van der Waals surface area contributed by atoms with E-state index in [-0.39, 0.29) is 6.10 Å². The van der Waals surface area contributed by atoms with E-state index in [2.05, 4.69) is 24.1 Å². The first kappa shape index (κ1) is 14.3. The molecule has 0 bridgehead atoms. The number of ether oxygens (including phenoxy) is 2. The monoisotopic (exact) mass is 289 g/mol. The number of amidine groups is 1. The van der Waals surface area contributed by atoms with E-state index in [1.54, 1.807) is 0 Å². The van der Waals surface area contributed by atoms with Crippen LogP contribution >= 0.6 is 0 Å². The van der Waals surface area contributed by atoms with Crippen molar-refractivity contribution in [3.8, 4) is 12.1 Å². The molecule has 112 valence electrons. The molecule has 6 nitrogen and oxygen atoms in total. The minimum atomic E-state index is -1.29. The fraction of sp³-hybridized carbons (Fsp3) is 0.800. The van der Waals surface area contributed by atoms with Crippen molar-refractivity contribution in [2.45, 2.75) is 52.0 Å². The molecule has 3 aliphatic rings. The average molecular weight is 289 g/mol. The molecule has 0 amide bonds. The maximum atomic E-state index is 9.96. The first-order chi connectivity index (χ1) is 9.91. The van der Waals surface area contributed by atoms with E-state index in [0.717, 1.165) is 19.3 Å². The second kappa shape index (κ2) is 3.97. The highest BCUT2D eigenvalue weighted by atomic mass is 16.8. The van der Waals surface area contributed by atoms with Crippen LogP contribution in [0.3, 0.4) is 0 Å². The first-order valence-corrected chi connectivity index (χ1v) is 7.46. The van der Waals surface area contributed by atoms with Gasteiger partial charge in [-0.2, -0.15) is 10.5 Å². The summed E-state index contributed by atoms with van der Waals surface area (Å²) in [5.74, 6) is -0.983. The van der Waals surface area contributed by atoms with E-state index in [1.165, 1.54) is 0 Å². The molecule has 0 aromatic carbocycles. The summed E-state index contributed by atoms with van der Waals surface area (Å²) in [6.07, 6.45) is 2.54. The van der Waals surface area contributed by atoms with Gasteiger partial charge < -0.3 is 9.47 Å². The summed E-state index contributed by atoms with van der Waals surface area (Å²) < 4.78 is 11.7. The second-order valence-corrected chi connectivity index (χ2v) is 6.55. The summed E-state index contributed by atoms with van der Waals surface area (Å²) in [6.45, 7) is 6.32. The van der Waals surface area contributed by atoms with Gasteiger partial charge in [-0.3, -0.25) is 5.73 Å². The van der Waals surface area contributed by atoms with E-state index < -0.39 is 22.2 Å². The van der Waals surface area contributed by atoms with Crippen LogP contribution in [0.4, 0.5) is 0 Å². The molecule has 0 unspecified atom stereocenters. The van der Waals surface area contributed by atoms with Gasteiger partial charge in [-0.15, -0.1) is 0 Å². The molecule has 2 heterocycles. The van der Waals surface area contributed by atoms with Gasteiger partial charge in [0.15, 0.2) is 10.8 Å². The SMILES string of the molecule is CCCC[C@@]1(C)[C@]2(C#N)C(N)=[NH+][C@@]3(OC[C@H](C)O3)[C@]12C#N. The lowest BCUT2D eigenvalue weighted by molar-refractivity contribution is -0.680. The molecule has 6 heteroatoms. The van der Waals surface area contributed by atoms with Crippen molar-refractivity contribution in [3.05, 3.63) is 0 Å². The second-order valence-electron chi connectivity index (χ2n) is 6.55. The summed E-state index contributed by atoms with van der Waals surface area (Å²) in [4.78, 5) is 2.98. The Balaban J connectivity index is 2.15. The molecule has 21 heavy (non-hydrogen) atoms. The molecule has 3 N–H and O–H groups in total. The van der Waals surface area contributed by atoms with Crippen molar-refractivity contribution >= 4 is 5.84 Å². The molecule has 1 aliphatic carbocycles. The minimum Gasteiger partial charge on any atom is -0.311 e. The number of nitrogens with one attached hydrogen (secondary N) is 1. The number of hydrogen-bond donors (Lipinski definition) is 2. The lowest BCUT2D eigenvalue weighted by Crippen LogP contribution is -2.90. The topological polar surface area (TPSA) is 106 Å². The Morgan fingerprint density at radius 1 is 1.43 bits per heavy atom. The van der Waals surface area contributed by atoms with Crippen LogP contribution in [0.2, 0.25) is 0 Å². The summed E-state index contributed by atoms with van der Waals surface area (Å²) >= 11 is 0. The molecule has 3 rings (SSSR count). The van der Waals surface area contributed by atoms with Gasteiger partial charge >= 0.3 is 5.91 Å². The number of hydrogen-bond acceptors (Lipinski definition) is 5. The number of nitrogens with two attached hydrogens (primary N) is 1. The van der Waals surface area contributed by atoms with Gasteiger partial charge in [-0.1, -0.05) is 26.7 Å². The molecule has 2 aliphatic heterocycles. The van der Waals surface area contributed by atoms with Crippen LogP contribution in [-0.4, -0.2) is 24.5 Å². The smallest absolute Gasteiger partial charge is 0.311 e. The molecule has 5 atom stereocenters. The van der Waals surface area contributed by atoms with E-state index in [4.69, 9.17) is 15.2 Å². The largest absolute Gasteiger partial charge is 0.343 e. The summed E-state index contributed by atoms with van der Waals surface area (Å²) in [6, 6.07) is 4.67. The molecule has 0 radical (unpaired) electrons. The van der Waals surface area contributed by atoms with Crippen molar-refractivity contribution in [1.29, 1.82) is 10.5 Å². The fourth-order valence-electron chi connectivity index (χ4n) is 4.56. The van der Waals surface area contributed by atoms with Gasteiger partial charge in [-0.05, 0) is 13.3 Å². The predicted molar refractivity (Wildman–Crippen MR) is 73.1 cm³/mol. The Hall–Kier alpha value is -1.63. The Labute approximate surface area is 124 Å². The molecule has 0 aromatic rings. The van der Waals surface area contributed by atoms with Gasteiger partial charge in [0, 0.05) is 5.41 Å². The highest BCUT2D eigenvalue weighted by Gasteiger charge is 3.02. The lowest BCUT2D eigenvalue weighted by atomic mass is 9.87. The predicted octanol–water partition coefficient (Wildman–Crippen LogP) is -0.243. The molecule has 1 saturated heterocycles.